The van der Waals surface area contributed by atoms with Crippen LogP contribution >= 0.6 is 0 Å². The van der Waals surface area contributed by atoms with Crippen LogP contribution in [0.25, 0.3) is 0 Å². The lowest BCUT2D eigenvalue weighted by atomic mass is 10.1. The van der Waals surface area contributed by atoms with E-state index in [4.69, 9.17) is 10.8 Å². The van der Waals surface area contributed by atoms with E-state index in [1.54, 1.807) is 12.5 Å². The van der Waals surface area contributed by atoms with E-state index in [1.807, 2.05) is 13.1 Å². The summed E-state index contributed by atoms with van der Waals surface area (Å²) in [6, 6.07) is 2.28. The van der Waals surface area contributed by atoms with Gasteiger partial charge >= 0.3 is 0 Å². The van der Waals surface area contributed by atoms with Crippen LogP contribution in [0.1, 0.15) is 24.4 Å². The first-order valence-electron chi connectivity index (χ1n) is 4.01. The highest BCUT2D eigenvalue weighted by Gasteiger charge is 2.08. The van der Waals surface area contributed by atoms with Gasteiger partial charge < -0.3 is 9.73 Å². The average molecular weight is 163 g/mol. The summed E-state index contributed by atoms with van der Waals surface area (Å²) in [5.74, 6) is 2.62. The van der Waals surface area contributed by atoms with E-state index in [-0.39, 0.29) is 0 Å². The molecule has 12 heavy (non-hydrogen) atoms. The van der Waals surface area contributed by atoms with Crippen LogP contribution in [0.15, 0.2) is 23.0 Å². The van der Waals surface area contributed by atoms with E-state index >= 15 is 0 Å². The Morgan fingerprint density at radius 2 is 2.58 bits per heavy atom. The van der Waals surface area contributed by atoms with Crippen molar-refractivity contribution in [2.45, 2.75) is 18.9 Å². The lowest BCUT2D eigenvalue weighted by molar-refractivity contribution is 0.529. The third-order valence-electron chi connectivity index (χ3n) is 1.87. The smallest absolute Gasteiger partial charge is 0.0950 e. The van der Waals surface area contributed by atoms with Gasteiger partial charge in [0.15, 0.2) is 0 Å². The van der Waals surface area contributed by atoms with Gasteiger partial charge in [0.1, 0.15) is 0 Å². The zero-order valence-electron chi connectivity index (χ0n) is 7.21. The maximum absolute atomic E-state index is 5.18. The molecular formula is C10H13NO. The summed E-state index contributed by atoms with van der Waals surface area (Å²) in [5.41, 5.74) is 1.16. The quantitative estimate of drug-likeness (QED) is 0.686. The topological polar surface area (TPSA) is 25.2 Å². The molecule has 1 atom stereocenters. The van der Waals surface area contributed by atoms with Crippen molar-refractivity contribution >= 4 is 0 Å². The first kappa shape index (κ1) is 8.89. The second kappa shape index (κ2) is 4.63. The van der Waals surface area contributed by atoms with Gasteiger partial charge in [0.05, 0.1) is 12.5 Å². The minimum absolute atomic E-state index is 0.319. The van der Waals surface area contributed by atoms with Crippen molar-refractivity contribution < 1.29 is 4.42 Å². The van der Waals surface area contributed by atoms with Crippen LogP contribution in [0.2, 0.25) is 0 Å². The lowest BCUT2D eigenvalue weighted by Gasteiger charge is -2.11. The Bertz CT molecular complexity index is 245. The van der Waals surface area contributed by atoms with Gasteiger partial charge in [0, 0.05) is 18.0 Å². The van der Waals surface area contributed by atoms with E-state index in [2.05, 4.69) is 11.2 Å². The Kier molecular flexibility index (Phi) is 3.43. The molecule has 64 valence electrons. The summed E-state index contributed by atoms with van der Waals surface area (Å²) in [6.45, 7) is 0. The van der Waals surface area contributed by atoms with Crippen molar-refractivity contribution in [3.8, 4) is 12.3 Å². The van der Waals surface area contributed by atoms with Crippen molar-refractivity contribution in [3.63, 3.8) is 0 Å². The predicted octanol–water partition coefficient (Wildman–Crippen LogP) is 1.95. The number of terminal acetylenes is 1. The average Bonchev–Trinajstić information content (AvgIpc) is 2.59. The predicted molar refractivity (Wildman–Crippen MR) is 48.6 cm³/mol. The molecule has 0 radical (unpaired) electrons. The number of furan rings is 1. The van der Waals surface area contributed by atoms with E-state index in [0.717, 1.165) is 18.4 Å². The van der Waals surface area contributed by atoms with Crippen molar-refractivity contribution in [2.75, 3.05) is 7.05 Å². The summed E-state index contributed by atoms with van der Waals surface area (Å²) in [5, 5.41) is 3.18. The molecule has 2 heteroatoms. The normalized spacial score (nSPS) is 12.3. The summed E-state index contributed by atoms with van der Waals surface area (Å²) < 4.78 is 4.99. The van der Waals surface area contributed by atoms with Gasteiger partial charge in [-0.25, -0.2) is 0 Å². The van der Waals surface area contributed by atoms with Crippen LogP contribution < -0.4 is 5.32 Å². The van der Waals surface area contributed by atoms with E-state index in [1.165, 1.54) is 0 Å². The number of rotatable bonds is 4. The molecule has 0 saturated heterocycles. The van der Waals surface area contributed by atoms with E-state index in [0.29, 0.717) is 6.04 Å². The Hall–Kier alpha value is -1.20. The maximum atomic E-state index is 5.18. The third-order valence-corrected chi connectivity index (χ3v) is 1.87. The van der Waals surface area contributed by atoms with Crippen LogP contribution in [0.3, 0.4) is 0 Å². The van der Waals surface area contributed by atoms with Crippen molar-refractivity contribution in [1.82, 2.24) is 5.32 Å². The highest BCUT2D eigenvalue weighted by molar-refractivity contribution is 5.11. The Labute approximate surface area is 73.0 Å². The first-order chi connectivity index (χ1) is 5.88. The summed E-state index contributed by atoms with van der Waals surface area (Å²) in [6.07, 6.45) is 10.3. The molecule has 1 aromatic rings. The van der Waals surface area contributed by atoms with Gasteiger partial charge in [-0.15, -0.1) is 12.3 Å². The molecule has 2 nitrogen and oxygen atoms in total. The van der Waals surface area contributed by atoms with Crippen molar-refractivity contribution in [1.29, 1.82) is 0 Å². The zero-order chi connectivity index (χ0) is 8.81. The highest BCUT2D eigenvalue weighted by atomic mass is 16.3. The van der Waals surface area contributed by atoms with E-state index in [9.17, 15) is 0 Å². The van der Waals surface area contributed by atoms with Gasteiger partial charge in [-0.05, 0) is 19.5 Å². The van der Waals surface area contributed by atoms with Crippen LogP contribution in [-0.2, 0) is 0 Å². The van der Waals surface area contributed by atoms with Crippen molar-refractivity contribution in [2.24, 2.45) is 0 Å². The van der Waals surface area contributed by atoms with Gasteiger partial charge in [0.25, 0.3) is 0 Å². The van der Waals surface area contributed by atoms with Gasteiger partial charge in [-0.2, -0.15) is 0 Å². The molecule has 0 saturated carbocycles. The molecule has 1 heterocycles. The zero-order valence-corrected chi connectivity index (χ0v) is 7.21. The minimum atomic E-state index is 0.319. The van der Waals surface area contributed by atoms with Crippen LogP contribution in [0, 0.1) is 12.3 Å². The molecule has 1 aromatic heterocycles. The molecule has 1 unspecified atom stereocenters. The highest BCUT2D eigenvalue weighted by Crippen LogP contribution is 2.17. The largest absolute Gasteiger partial charge is 0.472 e. The molecule has 1 N–H and O–H groups in total. The molecule has 0 spiro atoms. The number of hydrogen-bond acceptors (Lipinski definition) is 2. The fourth-order valence-corrected chi connectivity index (χ4v) is 1.18. The summed E-state index contributed by atoms with van der Waals surface area (Å²) in [7, 11) is 1.92. The number of nitrogens with one attached hydrogen (secondary N) is 1. The standard InChI is InChI=1S/C10H13NO/c1-3-4-5-10(11-2)9-6-7-12-8-9/h1,6-8,10-11H,4-5H2,2H3. The number of hydrogen-bond donors (Lipinski definition) is 1. The van der Waals surface area contributed by atoms with Crippen molar-refractivity contribution in [3.05, 3.63) is 24.2 Å². The monoisotopic (exact) mass is 163 g/mol. The molecule has 0 aliphatic carbocycles. The molecule has 0 aliphatic rings. The second-order valence-corrected chi connectivity index (χ2v) is 2.64. The molecule has 0 aromatic carbocycles. The molecular weight excluding hydrogens is 150 g/mol. The Balaban J connectivity index is 2.52. The maximum Gasteiger partial charge on any atom is 0.0950 e. The molecule has 0 aliphatic heterocycles. The second-order valence-electron chi connectivity index (χ2n) is 2.64. The first-order valence-corrected chi connectivity index (χ1v) is 4.01. The van der Waals surface area contributed by atoms with Gasteiger partial charge in [0.2, 0.25) is 0 Å². The van der Waals surface area contributed by atoms with Crippen LogP contribution in [0.5, 0.6) is 0 Å². The van der Waals surface area contributed by atoms with Crippen LogP contribution in [0.4, 0.5) is 0 Å². The summed E-state index contributed by atoms with van der Waals surface area (Å²) >= 11 is 0. The Morgan fingerprint density at radius 3 is 3.08 bits per heavy atom. The minimum Gasteiger partial charge on any atom is -0.472 e. The molecule has 0 bridgehead atoms. The van der Waals surface area contributed by atoms with E-state index < -0.39 is 0 Å². The molecule has 0 fully saturated rings. The SMILES string of the molecule is C#CCCC(NC)c1ccoc1. The van der Waals surface area contributed by atoms with Crippen LogP contribution in [-0.4, -0.2) is 7.05 Å². The third kappa shape index (κ3) is 2.14. The van der Waals surface area contributed by atoms with Gasteiger partial charge in [-0.1, -0.05) is 0 Å². The fourth-order valence-electron chi connectivity index (χ4n) is 1.18. The van der Waals surface area contributed by atoms with Gasteiger partial charge in [-0.3, -0.25) is 0 Å². The Morgan fingerprint density at radius 1 is 1.75 bits per heavy atom. The fraction of sp³-hybridized carbons (Fsp3) is 0.400. The summed E-state index contributed by atoms with van der Waals surface area (Å²) in [4.78, 5) is 0. The molecule has 0 amide bonds. The molecule has 1 rings (SSSR count). The lowest BCUT2D eigenvalue weighted by Crippen LogP contribution is -2.15.